The minimum Gasteiger partial charge on any atom is -0.311 e. The van der Waals surface area contributed by atoms with Gasteiger partial charge in [-0.3, -0.25) is 0 Å². The van der Waals surface area contributed by atoms with Crippen molar-refractivity contribution >= 4 is 81.7 Å². The zero-order valence-corrected chi connectivity index (χ0v) is 63.2. The average molecular weight is 1460 g/mol. The maximum Gasteiger partial charge on any atom is 0.0462 e. The van der Waals surface area contributed by atoms with Gasteiger partial charge in [-0.15, -0.1) is 0 Å². The Morgan fingerprint density at radius 2 is 0.270 bits per heavy atom. The second kappa shape index (κ2) is 29.3. The summed E-state index contributed by atoms with van der Waals surface area (Å²) < 4.78 is 0. The SMILES string of the molecule is c1ccc(-c2ccc(-c3c4ccccc4c(-c4ccc(N(c5ccc(-c6c7ccccc7c(-c7ccc(-c8ccccc8)cc7-c7ccccc7)c7ccccc67)cc5)c5ccc(-c6c7ccccc7c(-c7ccc(-c8ccccc8)cc7-c7ccccc7)c7ccccc67)cc5)cc4)c4ccccc34)c(-c3ccccc3)c2)cc1. The van der Waals surface area contributed by atoms with Crippen molar-refractivity contribution in [2.24, 2.45) is 0 Å². The molecule has 1 heteroatoms. The minimum atomic E-state index is 1.04. The third kappa shape index (κ3) is 12.2. The first-order valence-electron chi connectivity index (χ1n) is 39.8. The quantitative estimate of drug-likeness (QED) is 0.0925. The van der Waals surface area contributed by atoms with Crippen molar-refractivity contribution in [2.45, 2.75) is 0 Å². The van der Waals surface area contributed by atoms with Crippen LogP contribution >= 0.6 is 0 Å². The predicted molar refractivity (Wildman–Crippen MR) is 491 cm³/mol. The molecule has 0 heterocycles. The molecule has 0 radical (unpaired) electrons. The number of rotatable bonds is 15. The number of hydrogen-bond acceptors (Lipinski definition) is 1. The Morgan fingerprint density at radius 1 is 0.104 bits per heavy atom. The van der Waals surface area contributed by atoms with E-state index in [1.54, 1.807) is 0 Å². The smallest absolute Gasteiger partial charge is 0.0462 e. The zero-order chi connectivity index (χ0) is 76.1. The van der Waals surface area contributed by atoms with E-state index in [-0.39, 0.29) is 0 Å². The van der Waals surface area contributed by atoms with E-state index < -0.39 is 0 Å². The highest BCUT2D eigenvalue weighted by Gasteiger charge is 2.26. The Kier molecular flexibility index (Phi) is 17.4. The third-order valence-electron chi connectivity index (χ3n) is 23.5. The van der Waals surface area contributed by atoms with Gasteiger partial charge in [0, 0.05) is 17.1 Å². The Hall–Kier alpha value is -15.0. The van der Waals surface area contributed by atoms with E-state index in [1.165, 1.54) is 181 Å². The molecule has 1 nitrogen and oxygen atoms in total. The summed E-state index contributed by atoms with van der Waals surface area (Å²) in [4.78, 5) is 2.44. The summed E-state index contributed by atoms with van der Waals surface area (Å²) >= 11 is 0. The van der Waals surface area contributed by atoms with Gasteiger partial charge < -0.3 is 4.90 Å². The van der Waals surface area contributed by atoms with Crippen molar-refractivity contribution in [3.63, 3.8) is 0 Å². The molecule has 0 N–H and O–H groups in total. The average Bonchev–Trinajstić information content (AvgIpc) is 0.737. The lowest BCUT2D eigenvalue weighted by atomic mass is 9.83. The number of benzene rings is 21. The van der Waals surface area contributed by atoms with Crippen molar-refractivity contribution in [1.29, 1.82) is 0 Å². The van der Waals surface area contributed by atoms with Crippen molar-refractivity contribution < 1.29 is 0 Å². The molecule has 536 valence electrons. The van der Waals surface area contributed by atoms with Gasteiger partial charge in [-0.2, -0.15) is 0 Å². The van der Waals surface area contributed by atoms with E-state index in [1.807, 2.05) is 0 Å². The molecule has 0 saturated carbocycles. The highest BCUT2D eigenvalue weighted by atomic mass is 15.1. The molecule has 0 saturated heterocycles. The van der Waals surface area contributed by atoms with Crippen LogP contribution in [0.4, 0.5) is 17.1 Å². The Bertz CT molecular complexity index is 6370. The molecule has 0 atom stereocenters. The summed E-state index contributed by atoms with van der Waals surface area (Å²) in [5.74, 6) is 0. The molecular formula is C114H75N. The van der Waals surface area contributed by atoms with Gasteiger partial charge in [-0.25, -0.2) is 0 Å². The Morgan fingerprint density at radius 3 is 0.470 bits per heavy atom. The molecule has 0 aliphatic carbocycles. The van der Waals surface area contributed by atoms with Gasteiger partial charge >= 0.3 is 0 Å². The molecule has 115 heavy (non-hydrogen) atoms. The van der Waals surface area contributed by atoms with Crippen molar-refractivity contribution in [3.8, 4) is 134 Å². The third-order valence-corrected chi connectivity index (χ3v) is 23.5. The van der Waals surface area contributed by atoms with Crippen molar-refractivity contribution in [3.05, 3.63) is 455 Å². The van der Waals surface area contributed by atoms with Crippen LogP contribution in [0.3, 0.4) is 0 Å². The molecule has 0 amide bonds. The molecule has 0 unspecified atom stereocenters. The lowest BCUT2D eigenvalue weighted by Crippen LogP contribution is -2.10. The predicted octanol–water partition coefficient (Wildman–Crippen LogP) is 32.1. The van der Waals surface area contributed by atoms with Gasteiger partial charge in [0.1, 0.15) is 0 Å². The topological polar surface area (TPSA) is 3.24 Å². The van der Waals surface area contributed by atoms with Crippen LogP contribution in [0.15, 0.2) is 455 Å². The van der Waals surface area contributed by atoms with Gasteiger partial charge in [0.05, 0.1) is 0 Å². The van der Waals surface area contributed by atoms with Gasteiger partial charge in [0.15, 0.2) is 0 Å². The highest BCUT2D eigenvalue weighted by molar-refractivity contribution is 6.26. The summed E-state index contributed by atoms with van der Waals surface area (Å²) in [6.07, 6.45) is 0. The van der Waals surface area contributed by atoms with Crippen LogP contribution in [0.2, 0.25) is 0 Å². The fourth-order valence-electron chi connectivity index (χ4n) is 18.3. The lowest BCUT2D eigenvalue weighted by molar-refractivity contribution is 1.28. The van der Waals surface area contributed by atoms with E-state index in [4.69, 9.17) is 0 Å². The number of fused-ring (bicyclic) bond motifs is 6. The molecule has 0 aromatic heterocycles. The highest BCUT2D eigenvalue weighted by Crippen LogP contribution is 2.53. The zero-order valence-electron chi connectivity index (χ0n) is 63.2. The second-order valence-corrected chi connectivity index (χ2v) is 30.0. The van der Waals surface area contributed by atoms with Crippen LogP contribution in [0.1, 0.15) is 0 Å². The molecule has 21 aromatic rings. The van der Waals surface area contributed by atoms with Crippen molar-refractivity contribution in [1.82, 2.24) is 0 Å². The molecule has 21 aromatic carbocycles. The van der Waals surface area contributed by atoms with E-state index in [0.717, 1.165) is 33.8 Å². The number of anilines is 3. The maximum absolute atomic E-state index is 2.44. The lowest BCUT2D eigenvalue weighted by Gasteiger charge is -2.27. The largest absolute Gasteiger partial charge is 0.311 e. The molecule has 0 bridgehead atoms. The van der Waals surface area contributed by atoms with E-state index in [9.17, 15) is 0 Å². The molecule has 0 spiro atoms. The summed E-state index contributed by atoms with van der Waals surface area (Å²) in [6.45, 7) is 0. The van der Waals surface area contributed by atoms with Crippen LogP contribution < -0.4 is 4.90 Å². The first-order valence-corrected chi connectivity index (χ1v) is 39.8. The summed E-state index contributed by atoms with van der Waals surface area (Å²) in [7, 11) is 0. The van der Waals surface area contributed by atoms with Crippen LogP contribution in [-0.2, 0) is 0 Å². The molecule has 21 rings (SSSR count). The first-order chi connectivity index (χ1) is 57.1. The Labute approximate surface area is 670 Å². The summed E-state index contributed by atoms with van der Waals surface area (Å²) in [5.41, 5.74) is 31.8. The fourth-order valence-corrected chi connectivity index (χ4v) is 18.3. The standard InChI is InChI=1S/C114H75N/c1-7-31-76(32-8-1)85-61-70-103(106(73-85)79-37-13-4-14-38-79)112-97-49-25-19-43-91(97)109(92-44-20-26-50-98(92)112)82-55-64-88(65-56-82)115(89-66-57-83(58-67-89)110-93-45-21-27-51-99(93)113(100-52-28-22-46-94(100)110)104-71-62-86(77-33-9-2-10-34-77)74-107(104)80-39-15-5-16-40-80)90-68-59-84(60-69-90)111-95-47-23-29-53-101(95)114(102-54-30-24-48-96(102)111)105-72-63-87(78-35-11-3-12-36-78)75-108(105)81-41-17-6-18-42-81/h1-75H. The number of nitrogens with zero attached hydrogens (tertiary/aromatic N) is 1. The maximum atomic E-state index is 2.44. The van der Waals surface area contributed by atoms with Crippen LogP contribution in [0.25, 0.3) is 198 Å². The molecule has 0 fully saturated rings. The van der Waals surface area contributed by atoms with Gasteiger partial charge in [-0.1, -0.05) is 400 Å². The van der Waals surface area contributed by atoms with Gasteiger partial charge in [0.2, 0.25) is 0 Å². The minimum absolute atomic E-state index is 1.04. The van der Waals surface area contributed by atoms with Crippen molar-refractivity contribution in [2.75, 3.05) is 4.90 Å². The van der Waals surface area contributed by atoms with Crippen LogP contribution in [-0.4, -0.2) is 0 Å². The fraction of sp³-hybridized carbons (Fsp3) is 0. The molecular weight excluding hydrogens is 1380 g/mol. The van der Waals surface area contributed by atoms with Crippen LogP contribution in [0.5, 0.6) is 0 Å². The normalized spacial score (nSPS) is 11.5. The monoisotopic (exact) mass is 1460 g/mol. The molecule has 0 aliphatic rings. The number of hydrogen-bond donors (Lipinski definition) is 0. The first kappa shape index (κ1) is 68.0. The van der Waals surface area contributed by atoms with E-state index in [2.05, 4.69) is 460 Å². The van der Waals surface area contributed by atoms with Gasteiger partial charge in [0.25, 0.3) is 0 Å². The van der Waals surface area contributed by atoms with Crippen LogP contribution in [0, 0.1) is 0 Å². The van der Waals surface area contributed by atoms with E-state index in [0.29, 0.717) is 0 Å². The summed E-state index contributed by atoms with van der Waals surface area (Å²) in [5, 5.41) is 14.5. The Balaban J connectivity index is 0.720. The van der Waals surface area contributed by atoms with Gasteiger partial charge in [-0.05, 0) is 253 Å². The van der Waals surface area contributed by atoms with E-state index >= 15 is 0 Å². The molecule has 0 aliphatic heterocycles. The summed E-state index contributed by atoms with van der Waals surface area (Å²) in [6, 6.07) is 168. The second-order valence-electron chi connectivity index (χ2n) is 30.0.